The number of thiol groups is 1. The van der Waals surface area contributed by atoms with Crippen LogP contribution < -0.4 is 0 Å². The van der Waals surface area contributed by atoms with Crippen LogP contribution in [0.1, 0.15) is 57.8 Å². The topological polar surface area (TPSA) is 26.3 Å². The van der Waals surface area contributed by atoms with E-state index in [-0.39, 0.29) is 6.61 Å². The van der Waals surface area contributed by atoms with Gasteiger partial charge in [0, 0.05) is 0 Å². The van der Waals surface area contributed by atoms with Crippen LogP contribution in [0.3, 0.4) is 0 Å². The van der Waals surface area contributed by atoms with E-state index in [0.29, 0.717) is 0 Å². The SMILES string of the molecule is O=C(OCCCCCCCCCCC[Si](Cl)(Cl)Cl)C(F)S. The van der Waals surface area contributed by atoms with E-state index in [1.54, 1.807) is 0 Å². The number of carbonyl (C=O) groups is 1. The molecule has 1 unspecified atom stereocenters. The molecule has 0 spiro atoms. The lowest BCUT2D eigenvalue weighted by Gasteiger charge is -2.07. The van der Waals surface area contributed by atoms with E-state index in [9.17, 15) is 9.18 Å². The van der Waals surface area contributed by atoms with E-state index in [0.717, 1.165) is 38.1 Å². The molecule has 0 aromatic heterocycles. The predicted octanol–water partition coefficient (Wildman–Crippen LogP) is 5.92. The summed E-state index contributed by atoms with van der Waals surface area (Å²) in [5.41, 5.74) is -1.82. The zero-order chi connectivity index (χ0) is 16.1. The van der Waals surface area contributed by atoms with Crippen LogP contribution in [0.15, 0.2) is 0 Å². The molecule has 0 saturated carbocycles. The molecule has 0 radical (unpaired) electrons. The zero-order valence-electron chi connectivity index (χ0n) is 12.1. The molecule has 0 amide bonds. The number of hydrogen-bond acceptors (Lipinski definition) is 3. The molecule has 0 aliphatic rings. The Balaban J connectivity index is 3.14. The third-order valence-corrected chi connectivity index (χ3v) is 5.88. The first-order valence-corrected chi connectivity index (χ1v) is 13.1. The van der Waals surface area contributed by atoms with Gasteiger partial charge in [0.2, 0.25) is 5.50 Å². The summed E-state index contributed by atoms with van der Waals surface area (Å²) in [4.78, 5) is 10.8. The van der Waals surface area contributed by atoms with Gasteiger partial charge in [-0.1, -0.05) is 51.4 Å². The minimum Gasteiger partial charge on any atom is -0.463 e. The summed E-state index contributed by atoms with van der Waals surface area (Å²) in [5.74, 6) is -0.892. The highest BCUT2D eigenvalue weighted by molar-refractivity contribution is 7.81. The van der Waals surface area contributed by atoms with Gasteiger partial charge in [-0.15, -0.1) is 45.9 Å². The van der Waals surface area contributed by atoms with Crippen molar-refractivity contribution in [1.29, 1.82) is 0 Å². The number of unbranched alkanes of at least 4 members (excludes halogenated alkanes) is 8. The first-order valence-electron chi connectivity index (χ1n) is 7.38. The fraction of sp³-hybridized carbons (Fsp3) is 0.923. The van der Waals surface area contributed by atoms with E-state index >= 15 is 0 Å². The summed E-state index contributed by atoms with van der Waals surface area (Å²) in [6.07, 6.45) is 9.79. The molecule has 8 heteroatoms. The van der Waals surface area contributed by atoms with Crippen molar-refractivity contribution < 1.29 is 13.9 Å². The lowest BCUT2D eigenvalue weighted by Crippen LogP contribution is -2.13. The molecule has 0 heterocycles. The minimum absolute atomic E-state index is 0.279. The fourth-order valence-corrected chi connectivity index (χ4v) is 3.83. The molecular formula is C13H24Cl3FO2SSi. The molecule has 0 aromatic rings. The molecular weight excluding hydrogens is 374 g/mol. The molecule has 0 bridgehead atoms. The van der Waals surface area contributed by atoms with E-state index in [1.165, 1.54) is 25.7 Å². The highest BCUT2D eigenvalue weighted by Crippen LogP contribution is 2.27. The van der Waals surface area contributed by atoms with Crippen LogP contribution in [-0.2, 0) is 9.53 Å². The standard InChI is InChI=1S/C13H24Cl3FO2SSi/c14-21(15,16)11-9-7-5-3-1-2-4-6-8-10-19-13(18)12(17)20/h12,20H,1-11H2. The Labute approximate surface area is 147 Å². The molecule has 0 saturated heterocycles. The lowest BCUT2D eigenvalue weighted by atomic mass is 10.1. The van der Waals surface area contributed by atoms with Crippen LogP contribution >= 0.6 is 45.9 Å². The van der Waals surface area contributed by atoms with Gasteiger partial charge in [-0.05, 0) is 12.5 Å². The van der Waals surface area contributed by atoms with Crippen molar-refractivity contribution in [3.8, 4) is 0 Å². The number of alkyl halides is 1. The average molecular weight is 398 g/mol. The maximum Gasteiger partial charge on any atom is 0.351 e. The van der Waals surface area contributed by atoms with Crippen molar-refractivity contribution >= 4 is 57.8 Å². The molecule has 1 atom stereocenters. The summed E-state index contributed by atoms with van der Waals surface area (Å²) in [6.45, 7) is 0.279. The first kappa shape index (κ1) is 21.8. The molecule has 2 nitrogen and oxygen atoms in total. The quantitative estimate of drug-likeness (QED) is 0.137. The van der Waals surface area contributed by atoms with Gasteiger partial charge in [0.15, 0.2) is 0 Å². The highest BCUT2D eigenvalue weighted by atomic mass is 35.8. The first-order chi connectivity index (χ1) is 9.83. The third-order valence-electron chi connectivity index (χ3n) is 3.04. The Morgan fingerprint density at radius 1 is 0.952 bits per heavy atom. The van der Waals surface area contributed by atoms with E-state index in [1.807, 2.05) is 0 Å². The van der Waals surface area contributed by atoms with Crippen molar-refractivity contribution in [2.24, 2.45) is 0 Å². The molecule has 126 valence electrons. The molecule has 0 aromatic carbocycles. The molecule has 0 rings (SSSR count). The van der Waals surface area contributed by atoms with Gasteiger partial charge in [-0.25, -0.2) is 9.18 Å². The number of carbonyl (C=O) groups excluding carboxylic acids is 1. The average Bonchev–Trinajstić information content (AvgIpc) is 2.38. The summed E-state index contributed by atoms with van der Waals surface area (Å²) in [6, 6.07) is -1.66. The minimum atomic E-state index is -2.41. The van der Waals surface area contributed by atoms with E-state index in [4.69, 9.17) is 33.2 Å². The Morgan fingerprint density at radius 2 is 1.38 bits per heavy atom. The summed E-state index contributed by atoms with van der Waals surface area (Å²) in [7, 11) is 0. The number of ether oxygens (including phenoxy) is 1. The zero-order valence-corrected chi connectivity index (χ0v) is 16.3. The summed E-state index contributed by atoms with van der Waals surface area (Å²) >= 11 is 20.8. The number of halogens is 4. The molecule has 0 aliphatic carbocycles. The Morgan fingerprint density at radius 3 is 1.81 bits per heavy atom. The maximum absolute atomic E-state index is 12.3. The van der Waals surface area contributed by atoms with Gasteiger partial charge in [0.25, 0.3) is 0 Å². The van der Waals surface area contributed by atoms with Gasteiger partial charge in [-0.3, -0.25) is 0 Å². The second-order valence-corrected chi connectivity index (χ2v) is 14.8. The maximum atomic E-state index is 12.3. The Bertz CT molecular complexity index is 279. The van der Waals surface area contributed by atoms with Crippen molar-refractivity contribution in [2.45, 2.75) is 69.3 Å². The lowest BCUT2D eigenvalue weighted by molar-refractivity contribution is -0.146. The summed E-state index contributed by atoms with van der Waals surface area (Å²) in [5, 5.41) is 0. The van der Waals surface area contributed by atoms with Crippen molar-refractivity contribution in [1.82, 2.24) is 0 Å². The third kappa shape index (κ3) is 17.0. The number of rotatable bonds is 13. The molecule has 0 fully saturated rings. The van der Waals surface area contributed by atoms with Crippen LogP contribution in [0.5, 0.6) is 0 Å². The van der Waals surface area contributed by atoms with Crippen LogP contribution in [0.25, 0.3) is 0 Å². The number of hydrogen-bond donors (Lipinski definition) is 1. The van der Waals surface area contributed by atoms with Crippen LogP contribution in [0.4, 0.5) is 4.39 Å². The Kier molecular flexibility index (Phi) is 13.8. The largest absolute Gasteiger partial charge is 0.463 e. The molecule has 0 aliphatic heterocycles. The van der Waals surface area contributed by atoms with Gasteiger partial charge in [0.05, 0.1) is 6.61 Å². The smallest absolute Gasteiger partial charge is 0.351 e. The fourth-order valence-electron chi connectivity index (χ4n) is 1.91. The van der Waals surface area contributed by atoms with Crippen molar-refractivity contribution in [2.75, 3.05) is 6.61 Å². The highest BCUT2D eigenvalue weighted by Gasteiger charge is 2.23. The predicted molar refractivity (Wildman–Crippen MR) is 94.5 cm³/mol. The Hall–Kier alpha value is 0.837. The van der Waals surface area contributed by atoms with Crippen LogP contribution in [-0.4, -0.2) is 24.1 Å². The van der Waals surface area contributed by atoms with Crippen molar-refractivity contribution in [3.63, 3.8) is 0 Å². The van der Waals surface area contributed by atoms with Gasteiger partial charge >= 0.3 is 12.0 Å². The van der Waals surface area contributed by atoms with Gasteiger partial charge < -0.3 is 4.74 Å². The number of esters is 1. The van der Waals surface area contributed by atoms with Gasteiger partial charge in [0.1, 0.15) is 0 Å². The monoisotopic (exact) mass is 396 g/mol. The van der Waals surface area contributed by atoms with E-state index in [2.05, 4.69) is 17.4 Å². The molecule has 21 heavy (non-hydrogen) atoms. The normalized spacial score (nSPS) is 13.2. The molecule has 0 N–H and O–H groups in total. The van der Waals surface area contributed by atoms with E-state index < -0.39 is 17.5 Å². The van der Waals surface area contributed by atoms with Crippen LogP contribution in [0.2, 0.25) is 6.04 Å². The van der Waals surface area contributed by atoms with Crippen molar-refractivity contribution in [3.05, 3.63) is 0 Å². The summed E-state index contributed by atoms with van der Waals surface area (Å²) < 4.78 is 17.0. The van der Waals surface area contributed by atoms with Gasteiger partial charge in [-0.2, -0.15) is 0 Å². The van der Waals surface area contributed by atoms with Crippen LogP contribution in [0, 0.1) is 0 Å². The second kappa shape index (κ2) is 13.3. The second-order valence-electron chi connectivity index (χ2n) is 5.05.